The van der Waals surface area contributed by atoms with Gasteiger partial charge in [-0.05, 0) is 25.2 Å². The minimum Gasteiger partial charge on any atom is -0.445 e. The molecule has 15 heavy (non-hydrogen) atoms. The summed E-state index contributed by atoms with van der Waals surface area (Å²) in [6.45, 7) is 3.27. The molecule has 82 valence electrons. The maximum absolute atomic E-state index is 5.73. The Bertz CT molecular complexity index is 343. The van der Waals surface area contributed by atoms with Crippen LogP contribution in [0.3, 0.4) is 0 Å². The number of oxazole rings is 1. The summed E-state index contributed by atoms with van der Waals surface area (Å²) in [6, 6.07) is 0.780. The van der Waals surface area contributed by atoms with Crippen molar-refractivity contribution in [2.75, 3.05) is 6.54 Å². The summed E-state index contributed by atoms with van der Waals surface area (Å²) in [7, 11) is 0. The van der Waals surface area contributed by atoms with E-state index in [2.05, 4.69) is 17.2 Å². The van der Waals surface area contributed by atoms with Crippen molar-refractivity contribution in [3.63, 3.8) is 0 Å². The minimum atomic E-state index is 0.655. The maximum Gasteiger partial charge on any atom is 0.195 e. The first-order chi connectivity index (χ1) is 7.33. The highest BCUT2D eigenvalue weighted by Crippen LogP contribution is 2.46. The topological polar surface area (TPSA) is 38.1 Å². The van der Waals surface area contributed by atoms with Gasteiger partial charge in [0.05, 0.1) is 6.20 Å². The molecule has 0 radical (unpaired) electrons. The lowest BCUT2D eigenvalue weighted by molar-refractivity contribution is 0.445. The maximum atomic E-state index is 5.73. The molecule has 1 N–H and O–H groups in total. The smallest absolute Gasteiger partial charge is 0.195 e. The molecule has 2 aliphatic rings. The third-order valence-corrected chi connectivity index (χ3v) is 3.40. The van der Waals surface area contributed by atoms with Gasteiger partial charge in [0.2, 0.25) is 0 Å². The van der Waals surface area contributed by atoms with E-state index in [9.17, 15) is 0 Å². The molecule has 3 heteroatoms. The lowest BCUT2D eigenvalue weighted by Gasteiger charge is -1.98. The van der Waals surface area contributed by atoms with Crippen LogP contribution >= 0.6 is 0 Å². The van der Waals surface area contributed by atoms with Gasteiger partial charge < -0.3 is 9.73 Å². The van der Waals surface area contributed by atoms with Gasteiger partial charge in [0.25, 0.3) is 0 Å². The summed E-state index contributed by atoms with van der Waals surface area (Å²) in [6.07, 6.45) is 6.81. The standard InChI is InChI=1S/C12H18N2O/c1-8-6-10(8)11-7-14-12(15-11)4-5-13-9-2-3-9/h7-10,13H,2-6H2,1H3. The van der Waals surface area contributed by atoms with Crippen molar-refractivity contribution in [1.29, 1.82) is 0 Å². The SMILES string of the molecule is CC1CC1c1cnc(CCNC2CC2)o1. The Balaban J connectivity index is 1.49. The number of nitrogens with zero attached hydrogens (tertiary/aromatic N) is 1. The molecule has 0 aliphatic heterocycles. The molecule has 3 rings (SSSR count). The molecule has 2 aliphatic carbocycles. The van der Waals surface area contributed by atoms with Crippen LogP contribution in [0.2, 0.25) is 0 Å². The predicted molar refractivity (Wildman–Crippen MR) is 57.8 cm³/mol. The number of aromatic nitrogens is 1. The fraction of sp³-hybridized carbons (Fsp3) is 0.750. The molecule has 2 atom stereocenters. The molecule has 0 bridgehead atoms. The van der Waals surface area contributed by atoms with Crippen LogP contribution in [0.4, 0.5) is 0 Å². The average molecular weight is 206 g/mol. The van der Waals surface area contributed by atoms with E-state index in [0.29, 0.717) is 5.92 Å². The fourth-order valence-corrected chi connectivity index (χ4v) is 2.00. The predicted octanol–water partition coefficient (Wildman–Crippen LogP) is 2.09. The van der Waals surface area contributed by atoms with E-state index in [1.165, 1.54) is 19.3 Å². The molecule has 0 spiro atoms. The highest BCUT2D eigenvalue weighted by Gasteiger charge is 2.37. The molecule has 3 nitrogen and oxygen atoms in total. The van der Waals surface area contributed by atoms with Gasteiger partial charge in [-0.1, -0.05) is 6.92 Å². The van der Waals surface area contributed by atoms with E-state index in [-0.39, 0.29) is 0 Å². The molecule has 2 unspecified atom stereocenters. The molecule has 0 amide bonds. The molecule has 2 fully saturated rings. The molecule has 1 aromatic rings. The normalized spacial score (nSPS) is 29.4. The monoisotopic (exact) mass is 206 g/mol. The summed E-state index contributed by atoms with van der Waals surface area (Å²) >= 11 is 0. The van der Waals surface area contributed by atoms with Crippen molar-refractivity contribution >= 4 is 0 Å². The van der Waals surface area contributed by atoms with Crippen LogP contribution in [-0.2, 0) is 6.42 Å². The van der Waals surface area contributed by atoms with Crippen molar-refractivity contribution in [1.82, 2.24) is 10.3 Å². The summed E-state index contributed by atoms with van der Waals surface area (Å²) in [5, 5.41) is 3.47. The average Bonchev–Trinajstić information content (AvgIpc) is 3.11. The van der Waals surface area contributed by atoms with Crippen LogP contribution in [0.25, 0.3) is 0 Å². The zero-order valence-electron chi connectivity index (χ0n) is 9.20. The zero-order valence-corrected chi connectivity index (χ0v) is 9.20. The van der Waals surface area contributed by atoms with Crippen molar-refractivity contribution in [3.8, 4) is 0 Å². The van der Waals surface area contributed by atoms with Gasteiger partial charge >= 0.3 is 0 Å². The van der Waals surface area contributed by atoms with Crippen LogP contribution in [-0.4, -0.2) is 17.6 Å². The van der Waals surface area contributed by atoms with E-state index in [1.807, 2.05) is 6.20 Å². The first-order valence-electron chi connectivity index (χ1n) is 6.01. The van der Waals surface area contributed by atoms with Gasteiger partial charge in [0.1, 0.15) is 5.76 Å². The van der Waals surface area contributed by atoms with Gasteiger partial charge in [-0.3, -0.25) is 0 Å². The Morgan fingerprint density at radius 2 is 2.33 bits per heavy atom. The molecular weight excluding hydrogens is 188 g/mol. The summed E-state index contributed by atoms with van der Waals surface area (Å²) < 4.78 is 5.73. The molecular formula is C12H18N2O. The second-order valence-corrected chi connectivity index (χ2v) is 4.95. The summed E-state index contributed by atoms with van der Waals surface area (Å²) in [5.41, 5.74) is 0. The van der Waals surface area contributed by atoms with Crippen LogP contribution < -0.4 is 5.32 Å². The van der Waals surface area contributed by atoms with Crippen LogP contribution in [0.1, 0.15) is 43.8 Å². The van der Waals surface area contributed by atoms with Crippen molar-refractivity contribution in [2.24, 2.45) is 5.92 Å². The number of hydrogen-bond acceptors (Lipinski definition) is 3. The van der Waals surface area contributed by atoms with Gasteiger partial charge in [-0.2, -0.15) is 0 Å². The minimum absolute atomic E-state index is 0.655. The fourth-order valence-electron chi connectivity index (χ4n) is 2.00. The second-order valence-electron chi connectivity index (χ2n) is 4.95. The van der Waals surface area contributed by atoms with E-state index < -0.39 is 0 Å². The van der Waals surface area contributed by atoms with E-state index in [1.54, 1.807) is 0 Å². The number of hydrogen-bond donors (Lipinski definition) is 1. The summed E-state index contributed by atoms with van der Waals surface area (Å²) in [4.78, 5) is 4.32. The molecule has 1 aromatic heterocycles. The zero-order chi connectivity index (χ0) is 10.3. The quantitative estimate of drug-likeness (QED) is 0.801. The van der Waals surface area contributed by atoms with Crippen LogP contribution in [0.15, 0.2) is 10.6 Å². The highest BCUT2D eigenvalue weighted by molar-refractivity contribution is 5.11. The van der Waals surface area contributed by atoms with Crippen LogP contribution in [0, 0.1) is 5.92 Å². The Kier molecular flexibility index (Phi) is 2.28. The second kappa shape index (κ2) is 3.63. The van der Waals surface area contributed by atoms with Gasteiger partial charge in [-0.25, -0.2) is 4.98 Å². The molecule has 0 saturated heterocycles. The third-order valence-electron chi connectivity index (χ3n) is 3.40. The lowest BCUT2D eigenvalue weighted by Crippen LogP contribution is -2.19. The van der Waals surface area contributed by atoms with Gasteiger partial charge in [0, 0.05) is 24.9 Å². The van der Waals surface area contributed by atoms with E-state index >= 15 is 0 Å². The number of rotatable bonds is 5. The Labute approximate surface area is 90.3 Å². The highest BCUT2D eigenvalue weighted by atomic mass is 16.4. The Morgan fingerprint density at radius 3 is 3.00 bits per heavy atom. The third kappa shape index (κ3) is 2.23. The Morgan fingerprint density at radius 1 is 1.53 bits per heavy atom. The largest absolute Gasteiger partial charge is 0.445 e. The molecule has 1 heterocycles. The molecule has 0 aromatic carbocycles. The first-order valence-corrected chi connectivity index (χ1v) is 6.01. The van der Waals surface area contributed by atoms with Gasteiger partial charge in [-0.15, -0.1) is 0 Å². The number of nitrogens with one attached hydrogen (secondary N) is 1. The molecule has 2 saturated carbocycles. The van der Waals surface area contributed by atoms with E-state index in [4.69, 9.17) is 4.42 Å². The first kappa shape index (κ1) is 9.40. The van der Waals surface area contributed by atoms with Crippen molar-refractivity contribution < 1.29 is 4.42 Å². The summed E-state index contributed by atoms with van der Waals surface area (Å²) in [5.74, 6) is 3.46. The lowest BCUT2D eigenvalue weighted by atomic mass is 10.3. The van der Waals surface area contributed by atoms with Crippen molar-refractivity contribution in [2.45, 2.75) is 44.6 Å². The van der Waals surface area contributed by atoms with Crippen LogP contribution in [0.5, 0.6) is 0 Å². The Hall–Kier alpha value is -0.830. The van der Waals surface area contributed by atoms with Crippen molar-refractivity contribution in [3.05, 3.63) is 17.8 Å². The van der Waals surface area contributed by atoms with Gasteiger partial charge in [0.15, 0.2) is 5.89 Å². The van der Waals surface area contributed by atoms with E-state index in [0.717, 1.165) is 36.6 Å².